The molecule has 0 aliphatic rings. The highest BCUT2D eigenvalue weighted by Crippen LogP contribution is 2.34. The number of hydrogen-bond donors (Lipinski definition) is 3. The number of amides is 2. The molecule has 0 aliphatic carbocycles. The molecule has 0 spiro atoms. The van der Waals surface area contributed by atoms with Gasteiger partial charge >= 0.3 is 0 Å². The van der Waals surface area contributed by atoms with E-state index < -0.39 is 5.91 Å². The van der Waals surface area contributed by atoms with Crippen LogP contribution in [0.1, 0.15) is 27.4 Å². The Morgan fingerprint density at radius 2 is 1.69 bits per heavy atom. The number of H-pyrrole nitrogens is 1. The number of ether oxygens (including phenoxy) is 1. The Morgan fingerprint density at radius 1 is 0.969 bits per heavy atom. The normalized spacial score (nSPS) is 11.8. The van der Waals surface area contributed by atoms with Crippen LogP contribution in [-0.4, -0.2) is 29.9 Å². The van der Waals surface area contributed by atoms with E-state index in [0.717, 1.165) is 22.0 Å². The molecule has 2 amide bonds. The van der Waals surface area contributed by atoms with E-state index in [2.05, 4.69) is 16.4 Å². The lowest BCUT2D eigenvalue weighted by molar-refractivity contribution is -0.119. The molecule has 162 valence electrons. The van der Waals surface area contributed by atoms with Gasteiger partial charge in [-0.05, 0) is 47.5 Å². The third-order valence-electron chi connectivity index (χ3n) is 5.24. The molecule has 3 aromatic carbocycles. The number of primary amides is 1. The standard InChI is InChI=1S/C25H22ClN3O3/c26-22-7-3-1-5-18(22)20(21-13-28-23-8-4-2-6-19(21)23)14-29-25(31)16-9-11-17(12-10-16)32-15-24(27)30/h1-13,20,28H,14-15H2,(H2,27,30)(H,29,31). The third-order valence-corrected chi connectivity index (χ3v) is 5.59. The number of rotatable bonds is 8. The summed E-state index contributed by atoms with van der Waals surface area (Å²) in [6.45, 7) is 0.153. The van der Waals surface area contributed by atoms with Crippen molar-refractivity contribution in [2.24, 2.45) is 5.73 Å². The fraction of sp³-hybridized carbons (Fsp3) is 0.120. The number of carbonyl (C=O) groups excluding carboxylic acids is 2. The van der Waals surface area contributed by atoms with Gasteiger partial charge in [0.2, 0.25) is 0 Å². The maximum absolute atomic E-state index is 12.8. The number of fused-ring (bicyclic) bond motifs is 1. The average molecular weight is 448 g/mol. The van der Waals surface area contributed by atoms with Gasteiger partial charge in [0.15, 0.2) is 6.61 Å². The van der Waals surface area contributed by atoms with E-state index in [4.69, 9.17) is 22.1 Å². The van der Waals surface area contributed by atoms with Crippen LogP contribution in [0.25, 0.3) is 10.9 Å². The molecular weight excluding hydrogens is 426 g/mol. The lowest BCUT2D eigenvalue weighted by Crippen LogP contribution is -2.29. The second-order valence-electron chi connectivity index (χ2n) is 7.35. The minimum atomic E-state index is -0.560. The topological polar surface area (TPSA) is 97.2 Å². The second kappa shape index (κ2) is 9.58. The first kappa shape index (κ1) is 21.5. The number of nitrogens with two attached hydrogens (primary N) is 1. The van der Waals surface area contributed by atoms with Crippen molar-refractivity contribution in [2.45, 2.75) is 5.92 Å². The largest absolute Gasteiger partial charge is 0.484 e. The fourth-order valence-electron chi connectivity index (χ4n) is 3.68. The first-order valence-corrected chi connectivity index (χ1v) is 10.5. The summed E-state index contributed by atoms with van der Waals surface area (Å²) in [6.07, 6.45) is 1.97. The van der Waals surface area contributed by atoms with E-state index in [1.807, 2.05) is 48.7 Å². The Labute approximate surface area is 190 Å². The van der Waals surface area contributed by atoms with Crippen LogP contribution in [-0.2, 0) is 4.79 Å². The Balaban J connectivity index is 1.55. The van der Waals surface area contributed by atoms with Crippen LogP contribution >= 0.6 is 11.6 Å². The van der Waals surface area contributed by atoms with Crippen molar-refractivity contribution in [1.29, 1.82) is 0 Å². The van der Waals surface area contributed by atoms with Gasteiger partial charge in [-0.3, -0.25) is 9.59 Å². The number of aromatic amines is 1. The van der Waals surface area contributed by atoms with Crippen LogP contribution in [0.2, 0.25) is 5.02 Å². The van der Waals surface area contributed by atoms with Gasteiger partial charge in [-0.1, -0.05) is 48.0 Å². The summed E-state index contributed by atoms with van der Waals surface area (Å²) in [5.41, 5.74) is 8.58. The van der Waals surface area contributed by atoms with Crippen LogP contribution in [0.3, 0.4) is 0 Å². The number of halogens is 1. The van der Waals surface area contributed by atoms with Crippen molar-refractivity contribution in [3.8, 4) is 5.75 Å². The Hall–Kier alpha value is -3.77. The second-order valence-corrected chi connectivity index (χ2v) is 7.76. The molecular formula is C25H22ClN3O3. The van der Waals surface area contributed by atoms with Gasteiger partial charge in [0.25, 0.3) is 11.8 Å². The zero-order valence-electron chi connectivity index (χ0n) is 17.2. The highest BCUT2D eigenvalue weighted by atomic mass is 35.5. The molecule has 4 N–H and O–H groups in total. The Morgan fingerprint density at radius 3 is 2.44 bits per heavy atom. The number of hydrogen-bond acceptors (Lipinski definition) is 3. The molecule has 1 unspecified atom stereocenters. The fourth-order valence-corrected chi connectivity index (χ4v) is 3.95. The van der Waals surface area contributed by atoms with Crippen molar-refractivity contribution >= 4 is 34.3 Å². The molecule has 1 aromatic heterocycles. The first-order chi connectivity index (χ1) is 15.5. The van der Waals surface area contributed by atoms with E-state index in [1.165, 1.54) is 0 Å². The maximum atomic E-state index is 12.8. The summed E-state index contributed by atoms with van der Waals surface area (Å²) in [5, 5.41) is 4.75. The van der Waals surface area contributed by atoms with Crippen molar-refractivity contribution < 1.29 is 14.3 Å². The average Bonchev–Trinajstić information content (AvgIpc) is 3.23. The molecule has 1 atom stereocenters. The van der Waals surface area contributed by atoms with Crippen LogP contribution < -0.4 is 15.8 Å². The summed E-state index contributed by atoms with van der Waals surface area (Å²) < 4.78 is 5.24. The van der Waals surface area contributed by atoms with Crippen LogP contribution in [0.15, 0.2) is 79.0 Å². The molecule has 0 radical (unpaired) electrons. The van der Waals surface area contributed by atoms with Crippen molar-refractivity contribution in [1.82, 2.24) is 10.3 Å². The predicted octanol–water partition coefficient (Wildman–Crippen LogP) is 4.25. The Bertz CT molecular complexity index is 1250. The van der Waals surface area contributed by atoms with E-state index in [-0.39, 0.29) is 18.4 Å². The Kier molecular flexibility index (Phi) is 6.42. The zero-order valence-corrected chi connectivity index (χ0v) is 17.9. The molecule has 32 heavy (non-hydrogen) atoms. The van der Waals surface area contributed by atoms with Gasteiger partial charge in [-0.2, -0.15) is 0 Å². The molecule has 0 aliphatic heterocycles. The van der Waals surface area contributed by atoms with E-state index >= 15 is 0 Å². The monoisotopic (exact) mass is 447 g/mol. The van der Waals surface area contributed by atoms with Gasteiger partial charge in [0.05, 0.1) is 0 Å². The SMILES string of the molecule is NC(=O)COc1ccc(C(=O)NCC(c2ccccc2Cl)c2c[nH]c3ccccc23)cc1. The van der Waals surface area contributed by atoms with Gasteiger partial charge < -0.3 is 20.8 Å². The molecule has 0 saturated carbocycles. The highest BCUT2D eigenvalue weighted by molar-refractivity contribution is 6.31. The molecule has 0 fully saturated rings. The molecule has 0 bridgehead atoms. The number of benzene rings is 3. The van der Waals surface area contributed by atoms with Crippen LogP contribution in [0, 0.1) is 0 Å². The highest BCUT2D eigenvalue weighted by Gasteiger charge is 2.21. The minimum Gasteiger partial charge on any atom is -0.484 e. The van der Waals surface area contributed by atoms with Gasteiger partial charge in [0, 0.05) is 40.1 Å². The first-order valence-electron chi connectivity index (χ1n) is 10.1. The lowest BCUT2D eigenvalue weighted by atomic mass is 9.90. The molecule has 4 aromatic rings. The summed E-state index contributed by atoms with van der Waals surface area (Å²) >= 11 is 6.52. The molecule has 7 heteroatoms. The zero-order chi connectivity index (χ0) is 22.5. The quantitative estimate of drug-likeness (QED) is 0.376. The van der Waals surface area contributed by atoms with Crippen molar-refractivity contribution in [2.75, 3.05) is 13.2 Å². The maximum Gasteiger partial charge on any atom is 0.255 e. The van der Waals surface area contributed by atoms with Crippen molar-refractivity contribution in [3.05, 3.63) is 101 Å². The van der Waals surface area contributed by atoms with Gasteiger partial charge in [-0.15, -0.1) is 0 Å². The van der Waals surface area contributed by atoms with Gasteiger partial charge in [-0.25, -0.2) is 0 Å². The van der Waals surface area contributed by atoms with Crippen LogP contribution in [0.4, 0.5) is 0 Å². The van der Waals surface area contributed by atoms with Crippen molar-refractivity contribution in [3.63, 3.8) is 0 Å². The molecule has 4 rings (SSSR count). The predicted molar refractivity (Wildman–Crippen MR) is 125 cm³/mol. The minimum absolute atomic E-state index is 0.137. The summed E-state index contributed by atoms with van der Waals surface area (Å²) in [6, 6.07) is 22.2. The number of carbonyl (C=O) groups is 2. The summed E-state index contributed by atoms with van der Waals surface area (Å²) in [5.74, 6) is -0.451. The molecule has 6 nitrogen and oxygen atoms in total. The number of nitrogens with one attached hydrogen (secondary N) is 2. The summed E-state index contributed by atoms with van der Waals surface area (Å²) in [4.78, 5) is 26.9. The summed E-state index contributed by atoms with van der Waals surface area (Å²) in [7, 11) is 0. The third kappa shape index (κ3) is 4.76. The lowest BCUT2D eigenvalue weighted by Gasteiger charge is -2.19. The molecule has 1 heterocycles. The van der Waals surface area contributed by atoms with E-state index in [0.29, 0.717) is 22.9 Å². The van der Waals surface area contributed by atoms with Gasteiger partial charge in [0.1, 0.15) is 5.75 Å². The van der Waals surface area contributed by atoms with E-state index in [1.54, 1.807) is 24.3 Å². The van der Waals surface area contributed by atoms with Crippen LogP contribution in [0.5, 0.6) is 5.75 Å². The number of para-hydroxylation sites is 1. The smallest absolute Gasteiger partial charge is 0.255 e. The number of aromatic nitrogens is 1. The van der Waals surface area contributed by atoms with E-state index in [9.17, 15) is 9.59 Å². The molecule has 0 saturated heterocycles.